The molecule has 3 atom stereocenters. The van der Waals surface area contributed by atoms with Crippen LogP contribution >= 0.6 is 0 Å². The zero-order valence-electron chi connectivity index (χ0n) is 23.9. The zero-order valence-corrected chi connectivity index (χ0v) is 23.9. The second-order valence-corrected chi connectivity index (χ2v) is 10.5. The van der Waals surface area contributed by atoms with Gasteiger partial charge in [-0.2, -0.15) is 0 Å². The van der Waals surface area contributed by atoms with Crippen molar-refractivity contribution in [3.05, 3.63) is 34.4 Å². The maximum Gasteiger partial charge on any atom is 0.320 e. The monoisotopic (exact) mass is 528 g/mol. The van der Waals surface area contributed by atoms with E-state index in [0.717, 1.165) is 42.4 Å². The zero-order chi connectivity index (χ0) is 28.4. The minimum Gasteiger partial charge on any atom is -0.465 e. The minimum absolute atomic E-state index is 0.0132. The highest BCUT2D eigenvalue weighted by molar-refractivity contribution is 6.01. The third kappa shape index (κ3) is 8.08. The van der Waals surface area contributed by atoms with Crippen molar-refractivity contribution in [3.8, 4) is 0 Å². The van der Waals surface area contributed by atoms with Crippen molar-refractivity contribution in [2.75, 3.05) is 13.2 Å². The van der Waals surface area contributed by atoms with E-state index in [-0.39, 0.29) is 61.2 Å². The van der Waals surface area contributed by atoms with Crippen LogP contribution in [0.1, 0.15) is 100 Å². The third-order valence-corrected chi connectivity index (χ3v) is 7.63. The highest BCUT2D eigenvalue weighted by atomic mass is 16.6. The lowest BCUT2D eigenvalue weighted by Crippen LogP contribution is -2.31. The van der Waals surface area contributed by atoms with Gasteiger partial charge in [-0.05, 0) is 81.9 Å². The second-order valence-electron chi connectivity index (χ2n) is 10.5. The van der Waals surface area contributed by atoms with Gasteiger partial charge in [0.15, 0.2) is 11.7 Å². The Morgan fingerprint density at radius 1 is 0.974 bits per heavy atom. The molecule has 3 unspecified atom stereocenters. The largest absolute Gasteiger partial charge is 0.465 e. The maximum absolute atomic E-state index is 13.4. The molecule has 0 saturated heterocycles. The molecule has 0 heterocycles. The first-order chi connectivity index (χ1) is 18.1. The van der Waals surface area contributed by atoms with Crippen molar-refractivity contribution in [1.29, 1.82) is 0 Å². The van der Waals surface area contributed by atoms with E-state index >= 15 is 0 Å². The van der Waals surface area contributed by atoms with E-state index in [0.29, 0.717) is 18.4 Å². The molecular formula is C31H44O7. The number of ether oxygens (including phenoxy) is 2. The summed E-state index contributed by atoms with van der Waals surface area (Å²) >= 11 is 0. The fourth-order valence-corrected chi connectivity index (χ4v) is 5.96. The van der Waals surface area contributed by atoms with Crippen molar-refractivity contribution in [2.24, 2.45) is 23.7 Å². The van der Waals surface area contributed by atoms with Crippen molar-refractivity contribution in [2.45, 2.75) is 92.9 Å². The Kier molecular flexibility index (Phi) is 12.3. The number of benzene rings is 1. The number of rotatable bonds is 15. The number of hydrogen-bond donors (Lipinski definition) is 0. The van der Waals surface area contributed by atoms with E-state index < -0.39 is 17.9 Å². The summed E-state index contributed by atoms with van der Waals surface area (Å²) in [6, 6.07) is 3.83. The number of ketones is 3. The second kappa shape index (κ2) is 14.9. The highest BCUT2D eigenvalue weighted by Crippen LogP contribution is 2.37. The lowest BCUT2D eigenvalue weighted by Gasteiger charge is -2.32. The fraction of sp³-hybridized carbons (Fsp3) is 0.645. The molecule has 1 aliphatic carbocycles. The third-order valence-electron chi connectivity index (χ3n) is 7.63. The van der Waals surface area contributed by atoms with Gasteiger partial charge in [0.2, 0.25) is 0 Å². The number of fused-ring (bicyclic) bond motifs is 1. The summed E-state index contributed by atoms with van der Waals surface area (Å²) in [7, 11) is 0. The Morgan fingerprint density at radius 2 is 1.61 bits per heavy atom. The van der Waals surface area contributed by atoms with Gasteiger partial charge in [0.1, 0.15) is 11.6 Å². The number of carbonyl (C=O) groups is 5. The van der Waals surface area contributed by atoms with Crippen LogP contribution in [0.25, 0.3) is 0 Å². The normalized spacial score (nSPS) is 16.5. The molecule has 7 heteroatoms. The Labute approximate surface area is 227 Å². The van der Waals surface area contributed by atoms with E-state index in [4.69, 9.17) is 9.47 Å². The first-order valence-electron chi connectivity index (χ1n) is 14.1. The van der Waals surface area contributed by atoms with E-state index in [1.165, 1.54) is 6.92 Å². The molecule has 0 amide bonds. The molecule has 0 spiro atoms. The minimum atomic E-state index is -1.08. The number of Topliss-reactive ketones (excluding diaryl/α,β-unsaturated/α-hetero) is 3. The highest BCUT2D eigenvalue weighted by Gasteiger charge is 2.35. The van der Waals surface area contributed by atoms with Crippen LogP contribution in [0, 0.1) is 30.6 Å². The number of carbonyl (C=O) groups excluding carboxylic acids is 5. The average Bonchev–Trinajstić information content (AvgIpc) is 2.83. The number of hydrogen-bond acceptors (Lipinski definition) is 7. The van der Waals surface area contributed by atoms with E-state index in [2.05, 4.69) is 6.92 Å². The molecule has 0 fully saturated rings. The molecule has 0 bridgehead atoms. The van der Waals surface area contributed by atoms with E-state index in [9.17, 15) is 24.0 Å². The Bertz CT molecular complexity index is 1010. The summed E-state index contributed by atoms with van der Waals surface area (Å²) in [6.45, 7) is 11.1. The number of esters is 2. The predicted molar refractivity (Wildman–Crippen MR) is 145 cm³/mol. The Hall–Kier alpha value is -2.83. The SMILES string of the molecule is CCCC(CC1CC(=O)c2c(ccc(CC(C(=O)OCC)C(=O)OCC)c2C)C1)C(CC)C(=O)CC(C)=O. The molecule has 210 valence electrons. The quantitative estimate of drug-likeness (QED) is 0.222. The summed E-state index contributed by atoms with van der Waals surface area (Å²) in [6.07, 6.45) is 4.52. The smallest absolute Gasteiger partial charge is 0.320 e. The summed E-state index contributed by atoms with van der Waals surface area (Å²) in [5.74, 6) is -2.26. The molecule has 1 aliphatic rings. The van der Waals surface area contributed by atoms with Crippen molar-refractivity contribution in [3.63, 3.8) is 0 Å². The van der Waals surface area contributed by atoms with Crippen molar-refractivity contribution in [1.82, 2.24) is 0 Å². The van der Waals surface area contributed by atoms with Crippen LogP contribution in [-0.2, 0) is 41.5 Å². The standard InChI is InChI=1S/C31H44O7/c1-7-11-23(25(8-2)27(33)14-19(5)32)15-21-16-24-13-12-22(20(6)29(24)28(34)17-21)18-26(30(35)37-9-3)31(36)38-10-4/h12-13,21,23,25-26H,7-11,14-18H2,1-6H3. The average molecular weight is 529 g/mol. The molecule has 0 radical (unpaired) electrons. The Morgan fingerprint density at radius 3 is 2.13 bits per heavy atom. The van der Waals surface area contributed by atoms with Gasteiger partial charge in [0, 0.05) is 17.9 Å². The lowest BCUT2D eigenvalue weighted by atomic mass is 9.71. The molecule has 0 saturated carbocycles. The molecule has 7 nitrogen and oxygen atoms in total. The van der Waals surface area contributed by atoms with Gasteiger partial charge in [-0.1, -0.05) is 38.8 Å². The van der Waals surface area contributed by atoms with Gasteiger partial charge in [0.25, 0.3) is 0 Å². The molecule has 1 aromatic rings. The molecule has 0 aliphatic heterocycles. The maximum atomic E-state index is 13.4. The van der Waals surface area contributed by atoms with Gasteiger partial charge >= 0.3 is 11.9 Å². The summed E-state index contributed by atoms with van der Waals surface area (Å²) in [5, 5.41) is 0. The molecule has 0 aromatic heterocycles. The van der Waals surface area contributed by atoms with Crippen LogP contribution in [0.4, 0.5) is 0 Å². The van der Waals surface area contributed by atoms with E-state index in [1.54, 1.807) is 13.8 Å². The fourth-order valence-electron chi connectivity index (χ4n) is 5.96. The Balaban J connectivity index is 2.27. The van der Waals surface area contributed by atoms with Crippen molar-refractivity contribution >= 4 is 29.3 Å². The predicted octanol–water partition coefficient (Wildman–Crippen LogP) is 5.41. The first kappa shape index (κ1) is 31.4. The van der Waals surface area contributed by atoms with E-state index in [1.807, 2.05) is 26.0 Å². The van der Waals surface area contributed by atoms with Gasteiger partial charge in [0.05, 0.1) is 19.6 Å². The summed E-state index contributed by atoms with van der Waals surface area (Å²) in [5.41, 5.74) is 3.19. The summed E-state index contributed by atoms with van der Waals surface area (Å²) in [4.78, 5) is 62.7. The van der Waals surface area contributed by atoms with Crippen LogP contribution in [0.2, 0.25) is 0 Å². The molecular weight excluding hydrogens is 484 g/mol. The molecule has 2 rings (SSSR count). The molecule has 1 aromatic carbocycles. The lowest BCUT2D eigenvalue weighted by molar-refractivity contribution is -0.161. The van der Waals surface area contributed by atoms with Gasteiger partial charge in [-0.25, -0.2) is 0 Å². The van der Waals surface area contributed by atoms with Gasteiger partial charge in [-0.3, -0.25) is 24.0 Å². The van der Waals surface area contributed by atoms with Crippen LogP contribution in [-0.4, -0.2) is 42.5 Å². The molecule has 38 heavy (non-hydrogen) atoms. The topological polar surface area (TPSA) is 104 Å². The molecule has 0 N–H and O–H groups in total. The van der Waals surface area contributed by atoms with Crippen LogP contribution < -0.4 is 0 Å². The van der Waals surface area contributed by atoms with Crippen molar-refractivity contribution < 1.29 is 33.4 Å². The van der Waals surface area contributed by atoms with Crippen LogP contribution in [0.5, 0.6) is 0 Å². The van der Waals surface area contributed by atoms with Gasteiger partial charge < -0.3 is 9.47 Å². The van der Waals surface area contributed by atoms with Gasteiger partial charge in [-0.15, -0.1) is 0 Å². The summed E-state index contributed by atoms with van der Waals surface area (Å²) < 4.78 is 10.2. The first-order valence-corrected chi connectivity index (χ1v) is 14.1. The van der Waals surface area contributed by atoms with Crippen LogP contribution in [0.3, 0.4) is 0 Å². The van der Waals surface area contributed by atoms with Crippen LogP contribution in [0.15, 0.2) is 12.1 Å².